The molecule has 2 aromatic rings. The topological polar surface area (TPSA) is 66.0 Å². The van der Waals surface area contributed by atoms with Crippen molar-refractivity contribution in [1.82, 2.24) is 10.2 Å². The van der Waals surface area contributed by atoms with Gasteiger partial charge >= 0.3 is 0 Å². The van der Waals surface area contributed by atoms with E-state index >= 15 is 0 Å². The molecule has 0 amide bonds. The maximum absolute atomic E-state index is 10.4. The van der Waals surface area contributed by atoms with Crippen LogP contribution < -0.4 is 0 Å². The first-order chi connectivity index (χ1) is 5.81. The summed E-state index contributed by atoms with van der Waals surface area (Å²) in [6, 6.07) is 4.69. The predicted molar refractivity (Wildman–Crippen MR) is 43.1 cm³/mol. The van der Waals surface area contributed by atoms with E-state index < -0.39 is 0 Å². The number of aldehydes is 1. The molecule has 0 aliphatic heterocycles. The molecule has 0 aliphatic carbocycles. The van der Waals surface area contributed by atoms with Gasteiger partial charge in [-0.1, -0.05) is 0 Å². The number of benzene rings is 1. The van der Waals surface area contributed by atoms with Crippen molar-refractivity contribution >= 4 is 17.2 Å². The zero-order valence-electron chi connectivity index (χ0n) is 6.11. The Balaban J connectivity index is 2.81. The highest BCUT2D eigenvalue weighted by molar-refractivity contribution is 5.95. The van der Waals surface area contributed by atoms with Crippen LogP contribution in [-0.2, 0) is 0 Å². The number of hydrogen-bond acceptors (Lipinski definition) is 3. The Kier molecular flexibility index (Phi) is 1.33. The molecule has 0 bridgehead atoms. The Bertz CT molecular complexity index is 434. The molecule has 2 N–H and O–H groups in total. The number of fused-ring (bicyclic) bond motifs is 1. The molecule has 60 valence electrons. The summed E-state index contributed by atoms with van der Waals surface area (Å²) in [6.07, 6.45) is 0.676. The summed E-state index contributed by atoms with van der Waals surface area (Å²) in [5, 5.41) is 16.2. The Hall–Kier alpha value is -1.84. The molecule has 1 aromatic heterocycles. The number of phenolic OH excluding ortho intramolecular Hbond substituents is 1. The van der Waals surface area contributed by atoms with Gasteiger partial charge in [0.05, 0.1) is 5.52 Å². The number of carbonyl (C=O) groups excluding carboxylic acids is 1. The van der Waals surface area contributed by atoms with E-state index in [1.54, 1.807) is 6.07 Å². The van der Waals surface area contributed by atoms with E-state index in [4.69, 9.17) is 5.11 Å². The second kappa shape index (κ2) is 2.34. The molecular formula is C8H6N2O2. The molecule has 4 heteroatoms. The van der Waals surface area contributed by atoms with Crippen molar-refractivity contribution < 1.29 is 9.90 Å². The highest BCUT2D eigenvalue weighted by Crippen LogP contribution is 2.19. The van der Waals surface area contributed by atoms with Crippen LogP contribution in [0.1, 0.15) is 10.5 Å². The summed E-state index contributed by atoms with van der Waals surface area (Å²) in [5.41, 5.74) is 1.03. The van der Waals surface area contributed by atoms with Crippen molar-refractivity contribution in [1.29, 1.82) is 0 Å². The standard InChI is InChI=1S/C8H6N2O2/c11-4-8-6-2-1-5(12)3-7(6)9-10-8/h1-4,12H,(H,9,10). The SMILES string of the molecule is O=Cc1n[nH]c2cc(O)ccc12. The van der Waals surface area contributed by atoms with Crippen molar-refractivity contribution in [3.05, 3.63) is 23.9 Å². The lowest BCUT2D eigenvalue weighted by Crippen LogP contribution is -1.77. The van der Waals surface area contributed by atoms with Crippen LogP contribution in [0.4, 0.5) is 0 Å². The van der Waals surface area contributed by atoms with Gasteiger partial charge < -0.3 is 5.11 Å². The normalized spacial score (nSPS) is 10.3. The van der Waals surface area contributed by atoms with Gasteiger partial charge in [-0.05, 0) is 12.1 Å². The lowest BCUT2D eigenvalue weighted by Gasteiger charge is -1.89. The van der Waals surface area contributed by atoms with E-state index in [9.17, 15) is 4.79 Å². The molecule has 0 saturated heterocycles. The summed E-state index contributed by atoms with van der Waals surface area (Å²) < 4.78 is 0. The first kappa shape index (κ1) is 6.84. The minimum absolute atomic E-state index is 0.156. The van der Waals surface area contributed by atoms with E-state index in [0.717, 1.165) is 5.39 Å². The minimum Gasteiger partial charge on any atom is -0.508 e. The molecule has 4 nitrogen and oxygen atoms in total. The number of aromatic hydroxyl groups is 1. The van der Waals surface area contributed by atoms with Gasteiger partial charge in [0.1, 0.15) is 11.4 Å². The van der Waals surface area contributed by atoms with Crippen molar-refractivity contribution in [2.45, 2.75) is 0 Å². The largest absolute Gasteiger partial charge is 0.508 e. The van der Waals surface area contributed by atoms with Gasteiger partial charge in [0.25, 0.3) is 0 Å². The zero-order valence-corrected chi connectivity index (χ0v) is 6.11. The van der Waals surface area contributed by atoms with Crippen molar-refractivity contribution in [3.63, 3.8) is 0 Å². The summed E-state index contributed by atoms with van der Waals surface area (Å²) in [6.45, 7) is 0. The Morgan fingerprint density at radius 1 is 1.50 bits per heavy atom. The number of aromatic amines is 1. The minimum atomic E-state index is 0.156. The molecule has 0 atom stereocenters. The zero-order chi connectivity index (χ0) is 8.55. The van der Waals surface area contributed by atoms with Gasteiger partial charge in [0.2, 0.25) is 0 Å². The lowest BCUT2D eigenvalue weighted by molar-refractivity contribution is 0.112. The van der Waals surface area contributed by atoms with Gasteiger partial charge in [-0.15, -0.1) is 0 Å². The van der Waals surface area contributed by atoms with E-state index in [1.807, 2.05) is 0 Å². The Labute approximate surface area is 67.8 Å². The molecule has 0 fully saturated rings. The number of H-pyrrole nitrogens is 1. The second-order valence-electron chi connectivity index (χ2n) is 2.46. The summed E-state index contributed by atoms with van der Waals surface area (Å²) in [4.78, 5) is 10.4. The number of nitrogens with zero attached hydrogens (tertiary/aromatic N) is 1. The van der Waals surface area contributed by atoms with E-state index in [0.29, 0.717) is 17.5 Å². The lowest BCUT2D eigenvalue weighted by atomic mass is 10.2. The maximum atomic E-state index is 10.4. The fourth-order valence-corrected chi connectivity index (χ4v) is 1.12. The van der Waals surface area contributed by atoms with Crippen LogP contribution >= 0.6 is 0 Å². The first-order valence-electron chi connectivity index (χ1n) is 3.43. The number of hydrogen-bond donors (Lipinski definition) is 2. The highest BCUT2D eigenvalue weighted by Gasteiger charge is 2.03. The summed E-state index contributed by atoms with van der Waals surface area (Å²) in [7, 11) is 0. The molecule has 2 rings (SSSR count). The fraction of sp³-hybridized carbons (Fsp3) is 0. The molecular weight excluding hydrogens is 156 g/mol. The monoisotopic (exact) mass is 162 g/mol. The van der Waals surface area contributed by atoms with E-state index in [1.165, 1.54) is 12.1 Å². The third kappa shape index (κ3) is 0.852. The van der Waals surface area contributed by atoms with Crippen LogP contribution in [0.15, 0.2) is 18.2 Å². The third-order valence-corrected chi connectivity index (χ3v) is 1.69. The van der Waals surface area contributed by atoms with Gasteiger partial charge in [-0.3, -0.25) is 9.89 Å². The average molecular weight is 162 g/mol. The summed E-state index contributed by atoms with van der Waals surface area (Å²) in [5.74, 6) is 0.156. The van der Waals surface area contributed by atoms with Gasteiger partial charge in [0.15, 0.2) is 6.29 Å². The van der Waals surface area contributed by atoms with Gasteiger partial charge in [-0.25, -0.2) is 0 Å². The average Bonchev–Trinajstić information content (AvgIpc) is 2.46. The first-order valence-corrected chi connectivity index (χ1v) is 3.43. The molecule has 12 heavy (non-hydrogen) atoms. The molecule has 1 heterocycles. The van der Waals surface area contributed by atoms with Crippen molar-refractivity contribution in [2.75, 3.05) is 0 Å². The maximum Gasteiger partial charge on any atom is 0.170 e. The van der Waals surface area contributed by atoms with Crippen LogP contribution in [0.25, 0.3) is 10.9 Å². The fourth-order valence-electron chi connectivity index (χ4n) is 1.12. The van der Waals surface area contributed by atoms with Gasteiger partial charge in [0, 0.05) is 11.5 Å². The molecule has 0 spiro atoms. The highest BCUT2D eigenvalue weighted by atomic mass is 16.3. The quantitative estimate of drug-likeness (QED) is 0.616. The Morgan fingerprint density at radius 3 is 3.08 bits per heavy atom. The Morgan fingerprint density at radius 2 is 2.33 bits per heavy atom. The predicted octanol–water partition coefficient (Wildman–Crippen LogP) is 1.08. The van der Waals surface area contributed by atoms with E-state index in [-0.39, 0.29) is 5.75 Å². The van der Waals surface area contributed by atoms with Crippen LogP contribution in [0, 0.1) is 0 Å². The van der Waals surface area contributed by atoms with Crippen LogP contribution in [0.5, 0.6) is 5.75 Å². The van der Waals surface area contributed by atoms with Crippen LogP contribution in [0.3, 0.4) is 0 Å². The van der Waals surface area contributed by atoms with Crippen molar-refractivity contribution in [3.8, 4) is 5.75 Å². The van der Waals surface area contributed by atoms with Gasteiger partial charge in [-0.2, -0.15) is 5.10 Å². The van der Waals surface area contributed by atoms with Crippen LogP contribution in [0.2, 0.25) is 0 Å². The number of nitrogens with one attached hydrogen (secondary N) is 1. The molecule has 0 saturated carbocycles. The molecule has 0 aliphatic rings. The number of phenols is 1. The van der Waals surface area contributed by atoms with Crippen molar-refractivity contribution in [2.24, 2.45) is 0 Å². The number of aromatic nitrogens is 2. The number of carbonyl (C=O) groups is 1. The molecule has 1 aromatic carbocycles. The number of rotatable bonds is 1. The molecule has 0 radical (unpaired) electrons. The summed E-state index contributed by atoms with van der Waals surface area (Å²) >= 11 is 0. The van der Waals surface area contributed by atoms with E-state index in [2.05, 4.69) is 10.2 Å². The smallest absolute Gasteiger partial charge is 0.170 e. The third-order valence-electron chi connectivity index (χ3n) is 1.69. The second-order valence-corrected chi connectivity index (χ2v) is 2.46. The molecule has 0 unspecified atom stereocenters. The van der Waals surface area contributed by atoms with Crippen LogP contribution in [-0.4, -0.2) is 21.6 Å².